The quantitative estimate of drug-likeness (QED) is 0.888. The van der Waals surface area contributed by atoms with Crippen molar-refractivity contribution >= 4 is 0 Å². The van der Waals surface area contributed by atoms with Gasteiger partial charge < -0.3 is 14.8 Å². The molecule has 2 rings (SSSR count). The smallest absolute Gasteiger partial charge is 0.130 e. The molecule has 0 atom stereocenters. The number of ether oxygens (including phenoxy) is 2. The molecule has 0 amide bonds. The Balaban J connectivity index is 2.10. The predicted molar refractivity (Wildman–Crippen MR) is 79.0 cm³/mol. The fraction of sp³-hybridized carbons (Fsp3) is 0.312. The maximum absolute atomic E-state index is 13.5. The van der Waals surface area contributed by atoms with E-state index in [1.54, 1.807) is 13.2 Å². The number of rotatable bonds is 6. The second-order valence-corrected chi connectivity index (χ2v) is 4.75. The molecule has 4 nitrogen and oxygen atoms in total. The molecular formula is C16H19FN2O2. The molecule has 0 saturated carbocycles. The van der Waals surface area contributed by atoms with Crippen molar-refractivity contribution in [3.05, 3.63) is 53.1 Å². The third-order valence-electron chi connectivity index (χ3n) is 2.91. The molecule has 0 unspecified atom stereocenters. The standard InChI is InChI=1S/C16H19FN2O2/c1-11-4-15(20-3)8-14(19-11)10-21-16-6-12(9-18-2)5-13(17)7-16/h4-8,18H,9-10H2,1-3H3. The Labute approximate surface area is 123 Å². The number of pyridine rings is 1. The summed E-state index contributed by atoms with van der Waals surface area (Å²) in [6.45, 7) is 2.74. The second kappa shape index (κ2) is 7.04. The number of nitrogens with zero attached hydrogens (tertiary/aromatic N) is 1. The van der Waals surface area contributed by atoms with Crippen LogP contribution in [-0.4, -0.2) is 19.1 Å². The molecule has 1 aromatic carbocycles. The number of nitrogens with one attached hydrogen (secondary N) is 1. The van der Waals surface area contributed by atoms with Gasteiger partial charge in [-0.3, -0.25) is 4.98 Å². The van der Waals surface area contributed by atoms with Crippen molar-refractivity contribution in [3.63, 3.8) is 0 Å². The van der Waals surface area contributed by atoms with E-state index in [-0.39, 0.29) is 12.4 Å². The van der Waals surface area contributed by atoms with Gasteiger partial charge in [-0.15, -0.1) is 0 Å². The predicted octanol–water partition coefficient (Wildman–Crippen LogP) is 2.84. The van der Waals surface area contributed by atoms with Crippen molar-refractivity contribution in [3.8, 4) is 11.5 Å². The van der Waals surface area contributed by atoms with Gasteiger partial charge >= 0.3 is 0 Å². The summed E-state index contributed by atoms with van der Waals surface area (Å²) in [5.41, 5.74) is 2.43. The Morgan fingerprint density at radius 1 is 1.14 bits per heavy atom. The van der Waals surface area contributed by atoms with Gasteiger partial charge in [-0.2, -0.15) is 0 Å². The van der Waals surface area contributed by atoms with Crippen LogP contribution in [0.2, 0.25) is 0 Å². The number of halogens is 1. The van der Waals surface area contributed by atoms with Crippen LogP contribution in [0.25, 0.3) is 0 Å². The average Bonchev–Trinajstić information content (AvgIpc) is 2.44. The van der Waals surface area contributed by atoms with Crippen LogP contribution in [-0.2, 0) is 13.2 Å². The van der Waals surface area contributed by atoms with Crippen LogP contribution in [0, 0.1) is 12.7 Å². The molecular weight excluding hydrogens is 271 g/mol. The summed E-state index contributed by atoms with van der Waals surface area (Å²) in [7, 11) is 3.42. The summed E-state index contributed by atoms with van der Waals surface area (Å²) in [6.07, 6.45) is 0. The van der Waals surface area contributed by atoms with Crippen LogP contribution in [0.4, 0.5) is 4.39 Å². The zero-order chi connectivity index (χ0) is 15.2. The highest BCUT2D eigenvalue weighted by molar-refractivity contribution is 5.30. The number of hydrogen-bond acceptors (Lipinski definition) is 4. The lowest BCUT2D eigenvalue weighted by Crippen LogP contribution is -2.06. The zero-order valence-electron chi connectivity index (χ0n) is 12.4. The minimum atomic E-state index is -0.312. The van der Waals surface area contributed by atoms with Gasteiger partial charge in [-0.1, -0.05) is 0 Å². The van der Waals surface area contributed by atoms with Gasteiger partial charge in [0.1, 0.15) is 23.9 Å². The number of aromatic nitrogens is 1. The van der Waals surface area contributed by atoms with Crippen LogP contribution in [0.3, 0.4) is 0 Å². The first kappa shape index (κ1) is 15.3. The molecule has 0 aliphatic carbocycles. The molecule has 112 valence electrons. The van der Waals surface area contributed by atoms with Gasteiger partial charge in [-0.05, 0) is 31.7 Å². The molecule has 21 heavy (non-hydrogen) atoms. The van der Waals surface area contributed by atoms with Crippen molar-refractivity contribution < 1.29 is 13.9 Å². The van der Waals surface area contributed by atoms with E-state index < -0.39 is 0 Å². The van der Waals surface area contributed by atoms with Gasteiger partial charge in [-0.25, -0.2) is 4.39 Å². The lowest BCUT2D eigenvalue weighted by Gasteiger charge is -2.10. The van der Waals surface area contributed by atoms with Crippen LogP contribution >= 0.6 is 0 Å². The van der Waals surface area contributed by atoms with Crippen molar-refractivity contribution in [1.82, 2.24) is 10.3 Å². The zero-order valence-corrected chi connectivity index (χ0v) is 12.4. The summed E-state index contributed by atoms with van der Waals surface area (Å²) in [5, 5.41) is 2.98. The first-order valence-corrected chi connectivity index (χ1v) is 6.69. The van der Waals surface area contributed by atoms with E-state index in [9.17, 15) is 4.39 Å². The highest BCUT2D eigenvalue weighted by Crippen LogP contribution is 2.19. The minimum absolute atomic E-state index is 0.264. The van der Waals surface area contributed by atoms with Crippen molar-refractivity contribution in [2.75, 3.05) is 14.2 Å². The van der Waals surface area contributed by atoms with Crippen LogP contribution in [0.15, 0.2) is 30.3 Å². The van der Waals surface area contributed by atoms with Gasteiger partial charge in [0.2, 0.25) is 0 Å². The van der Waals surface area contributed by atoms with E-state index in [1.807, 2.05) is 26.1 Å². The Bertz CT molecular complexity index is 617. The number of benzene rings is 1. The van der Waals surface area contributed by atoms with E-state index in [0.29, 0.717) is 12.3 Å². The average molecular weight is 290 g/mol. The molecule has 1 aromatic heterocycles. The van der Waals surface area contributed by atoms with Crippen LogP contribution in [0.1, 0.15) is 17.0 Å². The van der Waals surface area contributed by atoms with Crippen molar-refractivity contribution in [2.24, 2.45) is 0 Å². The van der Waals surface area contributed by atoms with Crippen molar-refractivity contribution in [1.29, 1.82) is 0 Å². The monoisotopic (exact) mass is 290 g/mol. The van der Waals surface area contributed by atoms with Gasteiger partial charge in [0.15, 0.2) is 0 Å². The summed E-state index contributed by atoms with van der Waals surface area (Å²) in [5.74, 6) is 0.909. The molecule has 2 aromatic rings. The molecule has 0 radical (unpaired) electrons. The molecule has 0 aliphatic heterocycles. The summed E-state index contributed by atoms with van der Waals surface area (Å²) in [6, 6.07) is 8.31. The maximum atomic E-state index is 13.5. The fourth-order valence-corrected chi connectivity index (χ4v) is 2.06. The van der Waals surface area contributed by atoms with Gasteiger partial charge in [0, 0.05) is 30.4 Å². The Hall–Kier alpha value is -2.14. The van der Waals surface area contributed by atoms with Gasteiger partial charge in [0.25, 0.3) is 0 Å². The lowest BCUT2D eigenvalue weighted by atomic mass is 10.2. The molecule has 1 heterocycles. The molecule has 0 bridgehead atoms. The first-order valence-electron chi connectivity index (χ1n) is 6.69. The Morgan fingerprint density at radius 3 is 2.67 bits per heavy atom. The summed E-state index contributed by atoms with van der Waals surface area (Å²) in [4.78, 5) is 4.37. The molecule has 1 N–H and O–H groups in total. The number of aryl methyl sites for hydroxylation is 1. The highest BCUT2D eigenvalue weighted by Gasteiger charge is 2.05. The number of methoxy groups -OCH3 is 1. The van der Waals surface area contributed by atoms with E-state index in [2.05, 4.69) is 10.3 Å². The van der Waals surface area contributed by atoms with Gasteiger partial charge in [0.05, 0.1) is 12.8 Å². The molecule has 0 saturated heterocycles. The highest BCUT2D eigenvalue weighted by atomic mass is 19.1. The largest absolute Gasteiger partial charge is 0.497 e. The molecule has 0 fully saturated rings. The molecule has 5 heteroatoms. The van der Waals surface area contributed by atoms with E-state index >= 15 is 0 Å². The second-order valence-electron chi connectivity index (χ2n) is 4.75. The molecule has 0 spiro atoms. The first-order chi connectivity index (χ1) is 10.1. The maximum Gasteiger partial charge on any atom is 0.130 e. The SMILES string of the molecule is CNCc1cc(F)cc(OCc2cc(OC)cc(C)n2)c1. The number of hydrogen-bond donors (Lipinski definition) is 1. The topological polar surface area (TPSA) is 43.4 Å². The van der Waals surface area contributed by atoms with E-state index in [1.165, 1.54) is 12.1 Å². The third-order valence-corrected chi connectivity index (χ3v) is 2.91. The summed E-state index contributed by atoms with van der Waals surface area (Å²) < 4.78 is 24.3. The minimum Gasteiger partial charge on any atom is -0.497 e. The molecule has 0 aliphatic rings. The van der Waals surface area contributed by atoms with Crippen LogP contribution < -0.4 is 14.8 Å². The van der Waals surface area contributed by atoms with Crippen LogP contribution in [0.5, 0.6) is 11.5 Å². The third kappa shape index (κ3) is 4.43. The normalized spacial score (nSPS) is 10.5. The summed E-state index contributed by atoms with van der Waals surface area (Å²) >= 11 is 0. The van der Waals surface area contributed by atoms with Crippen molar-refractivity contribution in [2.45, 2.75) is 20.1 Å². The fourth-order valence-electron chi connectivity index (χ4n) is 2.06. The van der Waals surface area contributed by atoms with E-state index in [0.717, 1.165) is 22.7 Å². The Kier molecular flexibility index (Phi) is 5.11. The lowest BCUT2D eigenvalue weighted by molar-refractivity contribution is 0.298. The van der Waals surface area contributed by atoms with E-state index in [4.69, 9.17) is 9.47 Å². The Morgan fingerprint density at radius 2 is 1.95 bits per heavy atom.